The van der Waals surface area contributed by atoms with E-state index in [0.29, 0.717) is 25.9 Å². The van der Waals surface area contributed by atoms with Gasteiger partial charge in [-0.3, -0.25) is 5.43 Å². The van der Waals surface area contributed by atoms with Gasteiger partial charge in [0.1, 0.15) is 5.17 Å². The Morgan fingerprint density at radius 1 is 1.12 bits per heavy atom. The van der Waals surface area contributed by atoms with E-state index >= 15 is 0 Å². The molecule has 0 aromatic heterocycles. The summed E-state index contributed by atoms with van der Waals surface area (Å²) < 4.78 is 0. The third kappa shape index (κ3) is 4.22. The number of anilines is 1. The van der Waals surface area contributed by atoms with Gasteiger partial charge in [-0.25, -0.2) is 0 Å². The Morgan fingerprint density at radius 3 is 2.00 bits per heavy atom. The Morgan fingerprint density at radius 2 is 1.59 bits per heavy atom. The van der Waals surface area contributed by atoms with Gasteiger partial charge in [-0.2, -0.15) is 5.10 Å². The summed E-state index contributed by atoms with van der Waals surface area (Å²) in [5, 5.41) is 5.72. The number of nitrogens with zero attached hydrogens (tertiary/aromatic N) is 1. The van der Waals surface area contributed by atoms with Gasteiger partial charge in [0, 0.05) is 10.4 Å². The quantitative estimate of drug-likeness (QED) is 0.553. The monoisotopic (exact) mass is 312 g/mol. The molecule has 0 unspecified atom stereocenters. The molecule has 0 fully saturated rings. The lowest BCUT2D eigenvalue weighted by Crippen LogP contribution is -2.15. The molecule has 0 aliphatic carbocycles. The lowest BCUT2D eigenvalue weighted by Gasteiger charge is -2.16. The normalized spacial score (nSPS) is 12.8. The first-order valence-electron chi connectivity index (χ1n) is 4.86. The fourth-order valence-electron chi connectivity index (χ4n) is 0.922. The Hall–Kier alpha value is -0.150. The van der Waals surface area contributed by atoms with E-state index in [1.165, 1.54) is 0 Å². The van der Waals surface area contributed by atoms with Crippen LogP contribution in [0.15, 0.2) is 17.2 Å². The fraction of sp³-hybridized carbons (Fsp3) is 0.364. The topological polar surface area (TPSA) is 24.4 Å². The van der Waals surface area contributed by atoms with Crippen molar-refractivity contribution in [3.63, 3.8) is 0 Å². The maximum atomic E-state index is 6.02. The van der Waals surface area contributed by atoms with Crippen LogP contribution in [0.25, 0.3) is 0 Å². The predicted molar refractivity (Wildman–Crippen MR) is 77.8 cm³/mol. The van der Waals surface area contributed by atoms with Gasteiger partial charge in [-0.1, -0.05) is 67.2 Å². The smallest absolute Gasteiger partial charge is 0.131 e. The first-order chi connectivity index (χ1) is 7.71. The van der Waals surface area contributed by atoms with Crippen molar-refractivity contribution in [3.05, 3.63) is 27.2 Å². The summed E-state index contributed by atoms with van der Waals surface area (Å²) in [6, 6.07) is 3.16. The number of hydrogen-bond acceptors (Lipinski definition) is 2. The maximum absolute atomic E-state index is 6.02. The molecule has 0 aliphatic heterocycles. The lowest BCUT2D eigenvalue weighted by molar-refractivity contribution is 0.599. The lowest BCUT2D eigenvalue weighted by atomic mass is 9.99. The van der Waals surface area contributed by atoms with Crippen molar-refractivity contribution < 1.29 is 0 Å². The minimum atomic E-state index is -0.236. The number of halogens is 4. The zero-order valence-corrected chi connectivity index (χ0v) is 12.6. The highest BCUT2D eigenvalue weighted by atomic mass is 35.5. The molecular weight excluding hydrogens is 302 g/mol. The zero-order valence-electron chi connectivity index (χ0n) is 9.61. The summed E-state index contributed by atoms with van der Waals surface area (Å²) in [4.78, 5) is 0. The van der Waals surface area contributed by atoms with Crippen LogP contribution in [-0.4, -0.2) is 5.17 Å². The molecule has 94 valence electrons. The number of hydrazone groups is 1. The number of nitrogens with one attached hydrogen (secondary N) is 1. The Kier molecular flexibility index (Phi) is 4.96. The molecule has 6 heteroatoms. The zero-order chi connectivity index (χ0) is 13.2. The highest BCUT2D eigenvalue weighted by Gasteiger charge is 2.17. The van der Waals surface area contributed by atoms with Gasteiger partial charge < -0.3 is 0 Å². The summed E-state index contributed by atoms with van der Waals surface area (Å²) in [7, 11) is 0. The second-order valence-electron chi connectivity index (χ2n) is 4.51. The van der Waals surface area contributed by atoms with Crippen molar-refractivity contribution in [2.45, 2.75) is 20.8 Å². The van der Waals surface area contributed by atoms with E-state index in [9.17, 15) is 0 Å². The molecule has 1 aromatic rings. The average Bonchev–Trinajstić information content (AvgIpc) is 2.13. The van der Waals surface area contributed by atoms with Crippen molar-refractivity contribution >= 4 is 57.3 Å². The summed E-state index contributed by atoms with van der Waals surface area (Å²) in [6.07, 6.45) is 0. The molecule has 1 rings (SSSR count). The van der Waals surface area contributed by atoms with E-state index in [2.05, 4.69) is 10.5 Å². The van der Waals surface area contributed by atoms with Crippen molar-refractivity contribution in [2.75, 3.05) is 5.43 Å². The van der Waals surface area contributed by atoms with Crippen LogP contribution in [0.1, 0.15) is 20.8 Å². The van der Waals surface area contributed by atoms with Gasteiger partial charge in [0.05, 0.1) is 15.7 Å². The molecule has 0 amide bonds. The van der Waals surface area contributed by atoms with Crippen LogP contribution in [-0.2, 0) is 0 Å². The molecule has 0 radical (unpaired) electrons. The van der Waals surface area contributed by atoms with Crippen molar-refractivity contribution in [3.8, 4) is 0 Å². The van der Waals surface area contributed by atoms with Crippen molar-refractivity contribution in [2.24, 2.45) is 10.5 Å². The molecule has 1 N–H and O–H groups in total. The van der Waals surface area contributed by atoms with Crippen molar-refractivity contribution in [1.82, 2.24) is 0 Å². The molecule has 0 saturated carbocycles. The molecular formula is C11H12Cl4N2. The number of hydrogen-bond donors (Lipinski definition) is 1. The van der Waals surface area contributed by atoms with Crippen LogP contribution in [0.4, 0.5) is 5.69 Å². The first kappa shape index (κ1) is 14.9. The minimum Gasteiger partial charge on any atom is -0.274 e. The molecule has 17 heavy (non-hydrogen) atoms. The van der Waals surface area contributed by atoms with E-state index in [4.69, 9.17) is 46.4 Å². The minimum absolute atomic E-state index is 0.236. The second kappa shape index (κ2) is 5.66. The summed E-state index contributed by atoms with van der Waals surface area (Å²) in [5.41, 5.74) is 3.00. The largest absolute Gasteiger partial charge is 0.274 e. The van der Waals surface area contributed by atoms with E-state index in [1.807, 2.05) is 20.8 Å². The molecule has 0 bridgehead atoms. The van der Waals surface area contributed by atoms with E-state index < -0.39 is 0 Å². The standard InChI is InChI=1S/C11H12Cl4N2/c1-11(2,3)10(15)17-16-9-7(13)4-6(12)5-8(9)14/h4-5,16H,1-3H3. The van der Waals surface area contributed by atoms with Gasteiger partial charge in [0.25, 0.3) is 0 Å². The van der Waals surface area contributed by atoms with Gasteiger partial charge >= 0.3 is 0 Å². The van der Waals surface area contributed by atoms with E-state index in [0.717, 1.165) is 0 Å². The summed E-state index contributed by atoms with van der Waals surface area (Å²) in [6.45, 7) is 5.85. The molecule has 0 atom stereocenters. The van der Waals surface area contributed by atoms with Gasteiger partial charge in [0.15, 0.2) is 0 Å². The molecule has 0 aliphatic rings. The van der Waals surface area contributed by atoms with Gasteiger partial charge in [0.2, 0.25) is 0 Å². The Bertz CT molecular complexity index is 426. The van der Waals surface area contributed by atoms with Gasteiger partial charge in [-0.05, 0) is 12.1 Å². The van der Waals surface area contributed by atoms with Gasteiger partial charge in [-0.15, -0.1) is 0 Å². The first-order valence-corrected chi connectivity index (χ1v) is 6.37. The van der Waals surface area contributed by atoms with Crippen molar-refractivity contribution in [1.29, 1.82) is 0 Å². The summed E-state index contributed by atoms with van der Waals surface area (Å²) in [5.74, 6) is 0. The highest BCUT2D eigenvalue weighted by molar-refractivity contribution is 6.66. The highest BCUT2D eigenvalue weighted by Crippen LogP contribution is 2.34. The van der Waals surface area contributed by atoms with Crippen LogP contribution in [0, 0.1) is 5.41 Å². The van der Waals surface area contributed by atoms with Crippen LogP contribution >= 0.6 is 46.4 Å². The third-order valence-electron chi connectivity index (χ3n) is 1.89. The fourth-order valence-corrected chi connectivity index (χ4v) is 1.87. The van der Waals surface area contributed by atoms with Crippen LogP contribution < -0.4 is 5.43 Å². The number of benzene rings is 1. The van der Waals surface area contributed by atoms with Crippen LogP contribution in [0.3, 0.4) is 0 Å². The molecule has 0 saturated heterocycles. The predicted octanol–water partition coefficient (Wildman–Crippen LogP) is 5.66. The molecule has 1 aromatic carbocycles. The number of rotatable bonds is 2. The molecule has 0 heterocycles. The van der Waals surface area contributed by atoms with E-state index in [1.54, 1.807) is 12.1 Å². The van der Waals surface area contributed by atoms with E-state index in [-0.39, 0.29) is 5.41 Å². The molecule has 0 spiro atoms. The molecule has 2 nitrogen and oxygen atoms in total. The second-order valence-corrected chi connectivity index (χ2v) is 6.12. The Labute approximate surface area is 121 Å². The van der Waals surface area contributed by atoms with Crippen LogP contribution in [0.2, 0.25) is 15.1 Å². The maximum Gasteiger partial charge on any atom is 0.131 e. The van der Waals surface area contributed by atoms with Crippen LogP contribution in [0.5, 0.6) is 0 Å². The SMILES string of the molecule is CC(C)(C)C(Cl)=NNc1c(Cl)cc(Cl)cc1Cl. The average molecular weight is 314 g/mol. The summed E-state index contributed by atoms with van der Waals surface area (Å²) >= 11 is 23.8. The third-order valence-corrected chi connectivity index (χ3v) is 3.36. The Balaban J connectivity index is 2.98.